The summed E-state index contributed by atoms with van der Waals surface area (Å²) in [5.74, 6) is -0.300. The zero-order valence-corrected chi connectivity index (χ0v) is 14.8. The predicted octanol–water partition coefficient (Wildman–Crippen LogP) is 2.54. The Kier molecular flexibility index (Phi) is 5.20. The number of aryl methyl sites for hydroxylation is 2. The molecule has 132 valence electrons. The first-order valence-corrected chi connectivity index (χ1v) is 10.1. The first-order valence-electron chi connectivity index (χ1n) is 8.39. The van der Waals surface area contributed by atoms with E-state index in [4.69, 9.17) is 5.14 Å². The lowest BCUT2D eigenvalue weighted by atomic mass is 9.90. The largest absolute Gasteiger partial charge is 0.326 e. The van der Waals surface area contributed by atoms with Gasteiger partial charge in [-0.05, 0) is 60.1 Å². The van der Waals surface area contributed by atoms with Gasteiger partial charge in [0.1, 0.15) is 0 Å². The van der Waals surface area contributed by atoms with Crippen molar-refractivity contribution < 1.29 is 13.2 Å². The number of nitrogens with one attached hydrogen (secondary N) is 1. The highest BCUT2D eigenvalue weighted by atomic mass is 32.2. The number of hydrogen-bond donors (Lipinski definition) is 2. The van der Waals surface area contributed by atoms with Crippen LogP contribution in [-0.2, 0) is 39.8 Å². The van der Waals surface area contributed by atoms with Crippen LogP contribution < -0.4 is 10.5 Å². The fraction of sp³-hybridized carbons (Fsp3) is 0.316. The summed E-state index contributed by atoms with van der Waals surface area (Å²) in [6, 6.07) is 13.0. The van der Waals surface area contributed by atoms with E-state index in [1.165, 1.54) is 24.0 Å². The fourth-order valence-electron chi connectivity index (χ4n) is 3.20. The molecular weight excluding hydrogens is 336 g/mol. The van der Waals surface area contributed by atoms with E-state index in [2.05, 4.69) is 17.4 Å². The van der Waals surface area contributed by atoms with Gasteiger partial charge >= 0.3 is 0 Å². The van der Waals surface area contributed by atoms with E-state index in [0.717, 1.165) is 18.4 Å². The van der Waals surface area contributed by atoms with Crippen LogP contribution in [0.15, 0.2) is 42.5 Å². The Hall–Kier alpha value is -2.18. The van der Waals surface area contributed by atoms with Gasteiger partial charge in [-0.15, -0.1) is 0 Å². The van der Waals surface area contributed by atoms with Crippen LogP contribution in [0, 0.1) is 0 Å². The van der Waals surface area contributed by atoms with Crippen LogP contribution in [0.3, 0.4) is 0 Å². The minimum atomic E-state index is -3.55. The number of rotatable bonds is 5. The van der Waals surface area contributed by atoms with Crippen LogP contribution in [0.5, 0.6) is 0 Å². The average molecular weight is 358 g/mol. The van der Waals surface area contributed by atoms with Crippen LogP contribution >= 0.6 is 0 Å². The first-order chi connectivity index (χ1) is 11.9. The molecule has 0 saturated heterocycles. The van der Waals surface area contributed by atoms with Gasteiger partial charge in [0.05, 0.1) is 12.2 Å². The number of fused-ring (bicyclic) bond motifs is 1. The molecule has 1 aliphatic rings. The number of sulfonamides is 1. The van der Waals surface area contributed by atoms with Crippen molar-refractivity contribution in [3.63, 3.8) is 0 Å². The summed E-state index contributed by atoms with van der Waals surface area (Å²) < 4.78 is 22.2. The molecule has 0 atom stereocenters. The third-order valence-corrected chi connectivity index (χ3v) is 5.12. The molecule has 6 heteroatoms. The molecule has 5 nitrogen and oxygen atoms in total. The molecule has 1 aliphatic carbocycles. The van der Waals surface area contributed by atoms with Crippen molar-refractivity contribution in [2.75, 3.05) is 5.32 Å². The highest BCUT2D eigenvalue weighted by molar-refractivity contribution is 7.88. The van der Waals surface area contributed by atoms with Crippen LogP contribution in [0.2, 0.25) is 0 Å². The molecule has 2 aromatic carbocycles. The zero-order chi connectivity index (χ0) is 17.9. The summed E-state index contributed by atoms with van der Waals surface area (Å²) in [5.41, 5.74) is 5.02. The summed E-state index contributed by atoms with van der Waals surface area (Å²) in [6.45, 7) is 0. The normalized spacial score (nSPS) is 14.0. The number of anilines is 1. The highest BCUT2D eigenvalue weighted by Gasteiger charge is 2.11. The van der Waals surface area contributed by atoms with Crippen molar-refractivity contribution in [3.8, 4) is 0 Å². The fourth-order valence-corrected chi connectivity index (χ4v) is 3.86. The molecule has 0 bridgehead atoms. The van der Waals surface area contributed by atoms with E-state index in [1.807, 2.05) is 6.07 Å². The molecule has 2 aromatic rings. The number of primary sulfonamides is 1. The summed E-state index contributed by atoms with van der Waals surface area (Å²) in [6.07, 6.45) is 5.01. The molecule has 0 radical (unpaired) electrons. The third kappa shape index (κ3) is 5.14. The van der Waals surface area contributed by atoms with Gasteiger partial charge in [-0.2, -0.15) is 0 Å². The van der Waals surface area contributed by atoms with Gasteiger partial charge in [-0.1, -0.05) is 30.3 Å². The Bertz CT molecular complexity index is 874. The Balaban J connectivity index is 1.61. The predicted molar refractivity (Wildman–Crippen MR) is 98.7 cm³/mol. The average Bonchev–Trinajstić information content (AvgIpc) is 2.55. The first kappa shape index (κ1) is 17.6. The lowest BCUT2D eigenvalue weighted by Crippen LogP contribution is -2.16. The lowest BCUT2D eigenvalue weighted by molar-refractivity contribution is -0.115. The van der Waals surface area contributed by atoms with Gasteiger partial charge in [-0.25, -0.2) is 13.6 Å². The van der Waals surface area contributed by atoms with Gasteiger partial charge in [0.15, 0.2) is 0 Å². The van der Waals surface area contributed by atoms with Crippen molar-refractivity contribution in [2.45, 2.75) is 37.9 Å². The second-order valence-corrected chi connectivity index (χ2v) is 8.15. The summed E-state index contributed by atoms with van der Waals surface area (Å²) >= 11 is 0. The maximum absolute atomic E-state index is 12.2. The molecule has 0 spiro atoms. The second kappa shape index (κ2) is 7.37. The monoisotopic (exact) mass is 358 g/mol. The topological polar surface area (TPSA) is 89.3 Å². The van der Waals surface area contributed by atoms with E-state index in [-0.39, 0.29) is 11.7 Å². The molecule has 25 heavy (non-hydrogen) atoms. The van der Waals surface area contributed by atoms with Crippen LogP contribution in [-0.4, -0.2) is 14.3 Å². The van der Waals surface area contributed by atoms with E-state index in [1.54, 1.807) is 24.3 Å². The van der Waals surface area contributed by atoms with E-state index in [9.17, 15) is 13.2 Å². The van der Waals surface area contributed by atoms with Gasteiger partial charge in [0.25, 0.3) is 0 Å². The number of carbonyl (C=O) groups is 1. The number of amides is 1. The van der Waals surface area contributed by atoms with Gasteiger partial charge in [0.2, 0.25) is 15.9 Å². The maximum atomic E-state index is 12.2. The lowest BCUT2D eigenvalue weighted by Gasteiger charge is -2.16. The summed E-state index contributed by atoms with van der Waals surface area (Å²) in [5, 5.41) is 7.86. The second-order valence-electron chi connectivity index (χ2n) is 6.54. The van der Waals surface area contributed by atoms with Crippen LogP contribution in [0.1, 0.15) is 35.1 Å². The number of carbonyl (C=O) groups excluding carboxylic acids is 1. The molecule has 0 aromatic heterocycles. The number of hydrogen-bond acceptors (Lipinski definition) is 3. The number of nitrogens with two attached hydrogens (primary N) is 1. The zero-order valence-electron chi connectivity index (χ0n) is 14.0. The molecule has 3 N–H and O–H groups in total. The van der Waals surface area contributed by atoms with Crippen molar-refractivity contribution in [2.24, 2.45) is 5.14 Å². The standard InChI is InChI=1S/C19H22N2O3S/c20-25(23,24)13-14-6-9-18(10-7-14)21-19(22)12-15-5-8-16-3-1-2-4-17(16)11-15/h5-11H,1-4,12-13H2,(H,21,22)(H2,20,23,24). The number of benzene rings is 2. The summed E-state index contributed by atoms with van der Waals surface area (Å²) in [7, 11) is -3.55. The van der Waals surface area contributed by atoms with Crippen LogP contribution in [0.4, 0.5) is 5.69 Å². The molecular formula is C19H22N2O3S. The highest BCUT2D eigenvalue weighted by Crippen LogP contribution is 2.22. The van der Waals surface area contributed by atoms with Crippen molar-refractivity contribution >= 4 is 21.6 Å². The van der Waals surface area contributed by atoms with Crippen molar-refractivity contribution in [1.82, 2.24) is 0 Å². The van der Waals surface area contributed by atoms with Crippen LogP contribution in [0.25, 0.3) is 0 Å². The SMILES string of the molecule is NS(=O)(=O)Cc1ccc(NC(=O)Cc2ccc3c(c2)CCCC3)cc1. The molecule has 1 amide bonds. The van der Waals surface area contributed by atoms with Crippen molar-refractivity contribution in [1.29, 1.82) is 0 Å². The quantitative estimate of drug-likeness (QED) is 0.861. The van der Waals surface area contributed by atoms with Crippen molar-refractivity contribution in [3.05, 3.63) is 64.7 Å². The Morgan fingerprint density at radius 1 is 0.960 bits per heavy atom. The maximum Gasteiger partial charge on any atom is 0.228 e. The minimum absolute atomic E-state index is 0.0880. The third-order valence-electron chi connectivity index (χ3n) is 4.38. The Labute approximate surface area is 148 Å². The van der Waals surface area contributed by atoms with E-state index >= 15 is 0 Å². The van der Waals surface area contributed by atoms with Gasteiger partial charge in [-0.3, -0.25) is 4.79 Å². The molecule has 3 rings (SSSR count). The Morgan fingerprint density at radius 2 is 1.60 bits per heavy atom. The van der Waals surface area contributed by atoms with Gasteiger partial charge < -0.3 is 5.32 Å². The molecule has 0 heterocycles. The van der Waals surface area contributed by atoms with E-state index < -0.39 is 10.0 Å². The summed E-state index contributed by atoms with van der Waals surface area (Å²) in [4.78, 5) is 12.2. The van der Waals surface area contributed by atoms with Gasteiger partial charge in [0, 0.05) is 5.69 Å². The minimum Gasteiger partial charge on any atom is -0.326 e. The molecule has 0 unspecified atom stereocenters. The smallest absolute Gasteiger partial charge is 0.228 e. The van der Waals surface area contributed by atoms with E-state index in [0.29, 0.717) is 17.7 Å². The molecule has 0 fully saturated rings. The molecule has 0 saturated carbocycles. The molecule has 0 aliphatic heterocycles. The Morgan fingerprint density at radius 3 is 2.28 bits per heavy atom.